The lowest BCUT2D eigenvalue weighted by atomic mass is 9.39. The summed E-state index contributed by atoms with van der Waals surface area (Å²) in [4.78, 5) is 15.0. The number of ether oxygens (including phenoxy) is 1. The van der Waals surface area contributed by atoms with Crippen LogP contribution in [0, 0.1) is 39.9 Å². The van der Waals surface area contributed by atoms with Gasteiger partial charge in [0.15, 0.2) is 0 Å². The first-order chi connectivity index (χ1) is 14.0. The third kappa shape index (κ3) is 1.49. The maximum atomic E-state index is 12.5. The van der Waals surface area contributed by atoms with Crippen molar-refractivity contribution < 1.29 is 24.9 Å². The molecule has 6 heteroatoms. The van der Waals surface area contributed by atoms with Crippen LogP contribution in [0.4, 0.5) is 0 Å². The van der Waals surface area contributed by atoms with E-state index in [9.17, 15) is 20.1 Å². The summed E-state index contributed by atoms with van der Waals surface area (Å²) < 4.78 is 6.02. The van der Waals surface area contributed by atoms with Crippen LogP contribution in [0.25, 0.3) is 0 Å². The Labute approximate surface area is 177 Å². The number of hydrogen-bond acceptors (Lipinski definition) is 6. The maximum absolute atomic E-state index is 12.5. The summed E-state index contributed by atoms with van der Waals surface area (Å²) in [5.41, 5.74) is -1.11. The van der Waals surface area contributed by atoms with Gasteiger partial charge in [-0.05, 0) is 37.0 Å². The predicted octanol–water partition coefficient (Wildman–Crippen LogP) is 1.09. The molecule has 0 amide bonds. The first kappa shape index (κ1) is 18.6. The molecule has 3 saturated heterocycles. The molecular formula is C24H33NO5. The molecule has 30 heavy (non-hydrogen) atoms. The Hall–Kier alpha value is -0.950. The van der Waals surface area contributed by atoms with Crippen LogP contribution < -0.4 is 0 Å². The molecule has 6 nitrogen and oxygen atoms in total. The van der Waals surface area contributed by atoms with Crippen molar-refractivity contribution in [1.82, 2.24) is 4.90 Å². The van der Waals surface area contributed by atoms with Crippen LogP contribution in [0.5, 0.6) is 0 Å². The van der Waals surface area contributed by atoms with Crippen molar-refractivity contribution in [3.05, 3.63) is 12.2 Å². The van der Waals surface area contributed by atoms with E-state index in [0.29, 0.717) is 24.8 Å². The monoisotopic (exact) mass is 415 g/mol. The van der Waals surface area contributed by atoms with Crippen molar-refractivity contribution >= 4 is 5.97 Å². The molecule has 3 N–H and O–H groups in total. The Balaban J connectivity index is 1.42. The first-order valence-electron chi connectivity index (χ1n) is 11.8. The smallest absolute Gasteiger partial charge is 0.308 e. The number of aliphatic hydroxyl groups is 3. The molecule has 164 valence electrons. The highest BCUT2D eigenvalue weighted by Crippen LogP contribution is 2.88. The van der Waals surface area contributed by atoms with Gasteiger partial charge in [-0.1, -0.05) is 32.9 Å². The van der Waals surface area contributed by atoms with E-state index < -0.39 is 29.1 Å². The standard InChI is InChI=1S/C24H33NO5/c1-10(2)19(28)30-12-6-21(4)9-25-13-8-22-5-11(3)14-15(26)17(22)23(7-12,16(13)21)20(25)24(22,29)18(14)27/h10,12-18,20,26-27,29H,3,5-9H2,1-2,4H3. The lowest BCUT2D eigenvalue weighted by Gasteiger charge is -2.67. The second kappa shape index (κ2) is 4.85. The highest BCUT2D eigenvalue weighted by Gasteiger charge is 2.94. The van der Waals surface area contributed by atoms with Gasteiger partial charge in [0.25, 0.3) is 0 Å². The summed E-state index contributed by atoms with van der Waals surface area (Å²) in [7, 11) is 0. The van der Waals surface area contributed by atoms with Crippen molar-refractivity contribution in [3.63, 3.8) is 0 Å². The van der Waals surface area contributed by atoms with Gasteiger partial charge in [0, 0.05) is 41.3 Å². The summed E-state index contributed by atoms with van der Waals surface area (Å²) in [6, 6.07) is 0.232. The molecule has 3 heterocycles. The van der Waals surface area contributed by atoms with Gasteiger partial charge in [-0.25, -0.2) is 0 Å². The van der Waals surface area contributed by atoms with Gasteiger partial charge in [-0.2, -0.15) is 0 Å². The Bertz CT molecular complexity index is 904. The van der Waals surface area contributed by atoms with E-state index in [2.05, 4.69) is 18.4 Å². The molecular weight excluding hydrogens is 382 g/mol. The number of aliphatic hydroxyl groups excluding tert-OH is 2. The van der Waals surface area contributed by atoms with Crippen molar-refractivity contribution in [1.29, 1.82) is 0 Å². The van der Waals surface area contributed by atoms with E-state index in [4.69, 9.17) is 4.74 Å². The summed E-state index contributed by atoms with van der Waals surface area (Å²) in [5.74, 6) is -0.476. The van der Waals surface area contributed by atoms with Gasteiger partial charge in [0.1, 0.15) is 11.7 Å². The fourth-order valence-electron chi connectivity index (χ4n) is 11.0. The number of carbonyl (C=O) groups excluding carboxylic acids is 1. The minimum Gasteiger partial charge on any atom is -0.462 e. The Morgan fingerprint density at radius 1 is 1.23 bits per heavy atom. The third-order valence-corrected chi connectivity index (χ3v) is 11.0. The molecule has 2 spiro atoms. The lowest BCUT2D eigenvalue weighted by molar-refractivity contribution is -0.280. The van der Waals surface area contributed by atoms with E-state index in [1.165, 1.54) is 0 Å². The molecule has 6 aliphatic carbocycles. The molecule has 0 radical (unpaired) electrons. The quantitative estimate of drug-likeness (QED) is 0.462. The Morgan fingerprint density at radius 2 is 1.97 bits per heavy atom. The Kier molecular flexibility index (Phi) is 3.01. The van der Waals surface area contributed by atoms with Crippen LogP contribution in [0.3, 0.4) is 0 Å². The fourth-order valence-corrected chi connectivity index (χ4v) is 11.0. The number of esters is 1. The van der Waals surface area contributed by atoms with Gasteiger partial charge >= 0.3 is 5.97 Å². The van der Waals surface area contributed by atoms with E-state index in [-0.39, 0.29) is 40.8 Å². The lowest BCUT2D eigenvalue weighted by Crippen LogP contribution is -2.76. The van der Waals surface area contributed by atoms with Gasteiger partial charge in [-0.3, -0.25) is 9.69 Å². The van der Waals surface area contributed by atoms with Crippen molar-refractivity contribution in [2.24, 2.45) is 39.9 Å². The molecule has 9 bridgehead atoms. The van der Waals surface area contributed by atoms with Crippen LogP contribution in [-0.4, -0.2) is 68.7 Å². The molecule has 9 fully saturated rings. The molecule has 0 aromatic heterocycles. The molecule has 6 saturated carbocycles. The van der Waals surface area contributed by atoms with Crippen LogP contribution in [0.15, 0.2) is 12.2 Å². The van der Waals surface area contributed by atoms with Gasteiger partial charge in [-0.15, -0.1) is 0 Å². The van der Waals surface area contributed by atoms with E-state index in [1.54, 1.807) is 0 Å². The SMILES string of the molecule is C=C1CC23CC4C5C6(C)CC(OC(=O)C(C)C)CC57C2C(O)C1C(O)C3(O)C7N4C6. The molecule has 13 atom stereocenters. The largest absolute Gasteiger partial charge is 0.462 e. The number of hydrogen-bond donors (Lipinski definition) is 3. The Morgan fingerprint density at radius 3 is 2.67 bits per heavy atom. The fraction of sp³-hybridized carbons (Fsp3) is 0.875. The highest BCUT2D eigenvalue weighted by molar-refractivity contribution is 5.71. The molecule has 9 aliphatic rings. The zero-order chi connectivity index (χ0) is 21.2. The minimum absolute atomic E-state index is 0.0116. The highest BCUT2D eigenvalue weighted by atomic mass is 16.5. The topological polar surface area (TPSA) is 90.2 Å². The van der Waals surface area contributed by atoms with Crippen LogP contribution in [0.1, 0.15) is 46.5 Å². The molecule has 0 aromatic rings. The van der Waals surface area contributed by atoms with Crippen molar-refractivity contribution in [2.75, 3.05) is 6.54 Å². The van der Waals surface area contributed by atoms with Crippen LogP contribution in [-0.2, 0) is 9.53 Å². The summed E-state index contributed by atoms with van der Waals surface area (Å²) in [5, 5.41) is 35.3. The zero-order valence-corrected chi connectivity index (χ0v) is 18.0. The number of carbonyl (C=O) groups is 1. The number of piperidine rings is 2. The zero-order valence-electron chi connectivity index (χ0n) is 18.0. The van der Waals surface area contributed by atoms with Gasteiger partial charge in [0.2, 0.25) is 0 Å². The maximum Gasteiger partial charge on any atom is 0.308 e. The van der Waals surface area contributed by atoms with E-state index in [0.717, 1.165) is 25.0 Å². The number of nitrogens with zero attached hydrogens (tertiary/aromatic N) is 1. The minimum atomic E-state index is -1.21. The van der Waals surface area contributed by atoms with Gasteiger partial charge < -0.3 is 20.1 Å². The second-order valence-corrected chi connectivity index (χ2v) is 12.5. The first-order valence-corrected chi connectivity index (χ1v) is 11.8. The number of rotatable bonds is 2. The molecule has 3 aliphatic heterocycles. The van der Waals surface area contributed by atoms with Crippen molar-refractivity contribution in [2.45, 2.75) is 82.5 Å². The average Bonchev–Trinajstić information content (AvgIpc) is 3.05. The van der Waals surface area contributed by atoms with Gasteiger partial charge in [0.05, 0.1) is 18.1 Å². The summed E-state index contributed by atoms with van der Waals surface area (Å²) in [6.07, 6.45) is 1.24. The molecule has 13 unspecified atom stereocenters. The van der Waals surface area contributed by atoms with E-state index >= 15 is 0 Å². The van der Waals surface area contributed by atoms with Crippen LogP contribution in [0.2, 0.25) is 0 Å². The van der Waals surface area contributed by atoms with E-state index in [1.807, 2.05) is 13.8 Å². The average molecular weight is 416 g/mol. The molecule has 9 rings (SSSR count). The second-order valence-electron chi connectivity index (χ2n) is 12.5. The van der Waals surface area contributed by atoms with Crippen LogP contribution >= 0.6 is 0 Å². The summed E-state index contributed by atoms with van der Waals surface area (Å²) in [6.45, 7) is 11.1. The summed E-state index contributed by atoms with van der Waals surface area (Å²) >= 11 is 0. The normalized spacial score (nSPS) is 65.7. The number of fused-ring (bicyclic) bond motifs is 1. The van der Waals surface area contributed by atoms with Crippen molar-refractivity contribution in [3.8, 4) is 0 Å². The predicted molar refractivity (Wildman–Crippen MR) is 107 cm³/mol. The molecule has 0 aromatic carbocycles. The third-order valence-electron chi connectivity index (χ3n) is 11.0.